The second-order valence-corrected chi connectivity index (χ2v) is 6.74. The van der Waals surface area contributed by atoms with Gasteiger partial charge in [0.15, 0.2) is 0 Å². The molecule has 6 heteroatoms. The Hall–Kier alpha value is -1.30. The zero-order valence-electron chi connectivity index (χ0n) is 13.0. The van der Waals surface area contributed by atoms with Crippen LogP contribution in [0, 0.1) is 10.8 Å². The van der Waals surface area contributed by atoms with Crippen LogP contribution in [-0.4, -0.2) is 38.4 Å². The molecule has 0 bridgehead atoms. The van der Waals surface area contributed by atoms with E-state index >= 15 is 0 Å². The molecule has 3 N–H and O–H groups in total. The Bertz CT molecular complexity index is 383. The molecular formula is C14H26N2O4. The molecule has 0 aromatic heterocycles. The zero-order chi connectivity index (χ0) is 15.6. The highest BCUT2D eigenvalue weighted by Crippen LogP contribution is 2.47. The topological polar surface area (TPSA) is 90.6 Å². The smallest absolute Gasteiger partial charge is 0.407 e. The fourth-order valence-corrected chi connectivity index (χ4v) is 3.52. The van der Waals surface area contributed by atoms with Crippen LogP contribution in [0.5, 0.6) is 0 Å². The molecule has 1 amide bonds. The maximum atomic E-state index is 11.8. The number of methoxy groups -OCH3 is 2. The first-order valence-corrected chi connectivity index (χ1v) is 6.81. The van der Waals surface area contributed by atoms with Gasteiger partial charge in [0.2, 0.25) is 0 Å². The summed E-state index contributed by atoms with van der Waals surface area (Å²) in [6.07, 6.45) is 1.80. The monoisotopic (exact) mass is 286 g/mol. The molecule has 3 atom stereocenters. The first-order chi connectivity index (χ1) is 9.13. The molecule has 0 aliphatic heterocycles. The van der Waals surface area contributed by atoms with E-state index in [-0.39, 0.29) is 11.5 Å². The highest BCUT2D eigenvalue weighted by molar-refractivity contribution is 5.76. The molecule has 0 radical (unpaired) electrons. The van der Waals surface area contributed by atoms with Crippen molar-refractivity contribution in [3.63, 3.8) is 0 Å². The van der Waals surface area contributed by atoms with Gasteiger partial charge in [0, 0.05) is 6.04 Å². The number of amides is 1. The van der Waals surface area contributed by atoms with Gasteiger partial charge in [-0.1, -0.05) is 20.8 Å². The van der Waals surface area contributed by atoms with Crippen molar-refractivity contribution in [3.05, 3.63) is 0 Å². The predicted molar refractivity (Wildman–Crippen MR) is 75.1 cm³/mol. The third-order valence-electron chi connectivity index (χ3n) is 4.11. The first kappa shape index (κ1) is 16.8. The maximum Gasteiger partial charge on any atom is 0.407 e. The number of alkyl carbamates (subject to hydrolysis) is 1. The Morgan fingerprint density at radius 2 is 1.80 bits per heavy atom. The van der Waals surface area contributed by atoms with E-state index in [1.54, 1.807) is 0 Å². The number of carbonyl (C=O) groups excluding carboxylic acids is 2. The van der Waals surface area contributed by atoms with Crippen LogP contribution in [0.1, 0.15) is 40.0 Å². The van der Waals surface area contributed by atoms with Crippen LogP contribution < -0.4 is 11.1 Å². The van der Waals surface area contributed by atoms with Crippen molar-refractivity contribution in [2.45, 2.75) is 52.1 Å². The van der Waals surface area contributed by atoms with Gasteiger partial charge < -0.3 is 20.5 Å². The number of ether oxygens (including phenoxy) is 2. The largest absolute Gasteiger partial charge is 0.468 e. The highest BCUT2D eigenvalue weighted by atomic mass is 16.5. The van der Waals surface area contributed by atoms with E-state index in [0.29, 0.717) is 6.42 Å². The number of nitrogens with one attached hydrogen (secondary N) is 1. The predicted octanol–water partition coefficient (Wildman–Crippen LogP) is 1.43. The number of esters is 1. The second-order valence-electron chi connectivity index (χ2n) is 6.74. The van der Waals surface area contributed by atoms with Crippen molar-refractivity contribution in [3.8, 4) is 0 Å². The number of rotatable bonds is 3. The van der Waals surface area contributed by atoms with E-state index in [2.05, 4.69) is 23.9 Å². The third kappa shape index (κ3) is 3.85. The fourth-order valence-electron chi connectivity index (χ4n) is 3.52. The van der Waals surface area contributed by atoms with Gasteiger partial charge in [0.05, 0.1) is 14.2 Å². The minimum absolute atomic E-state index is 0.0235. The molecule has 0 spiro atoms. The molecule has 1 aliphatic carbocycles. The van der Waals surface area contributed by atoms with Crippen LogP contribution in [-0.2, 0) is 14.3 Å². The van der Waals surface area contributed by atoms with Crippen molar-refractivity contribution in [2.24, 2.45) is 16.6 Å². The molecule has 0 aromatic rings. The van der Waals surface area contributed by atoms with Gasteiger partial charge in [0.25, 0.3) is 0 Å². The van der Waals surface area contributed by atoms with Crippen LogP contribution in [0.15, 0.2) is 0 Å². The lowest BCUT2D eigenvalue weighted by molar-refractivity contribution is -0.147. The molecule has 116 valence electrons. The molecule has 1 rings (SSSR count). The molecule has 3 unspecified atom stereocenters. The maximum absolute atomic E-state index is 11.8. The minimum Gasteiger partial charge on any atom is -0.468 e. The lowest BCUT2D eigenvalue weighted by Gasteiger charge is -2.48. The summed E-state index contributed by atoms with van der Waals surface area (Å²) in [5.41, 5.74) is 5.63. The van der Waals surface area contributed by atoms with E-state index in [1.807, 2.05) is 6.92 Å². The van der Waals surface area contributed by atoms with Crippen molar-refractivity contribution in [1.29, 1.82) is 0 Å². The molecule has 0 heterocycles. The third-order valence-corrected chi connectivity index (χ3v) is 4.11. The molecule has 6 nitrogen and oxygen atoms in total. The second kappa shape index (κ2) is 5.99. The summed E-state index contributed by atoms with van der Waals surface area (Å²) in [6, 6.07) is -0.763. The fraction of sp³-hybridized carbons (Fsp3) is 0.857. The summed E-state index contributed by atoms with van der Waals surface area (Å²) in [6.45, 7) is 6.20. The quantitative estimate of drug-likeness (QED) is 0.766. The summed E-state index contributed by atoms with van der Waals surface area (Å²) >= 11 is 0. The van der Waals surface area contributed by atoms with Gasteiger partial charge >= 0.3 is 12.1 Å². The SMILES string of the molecule is COC(=O)NC1CC(C)(C)CC(C)(C(N)C(=O)OC)C1. The van der Waals surface area contributed by atoms with Crippen LogP contribution >= 0.6 is 0 Å². The average molecular weight is 286 g/mol. The Morgan fingerprint density at radius 3 is 2.30 bits per heavy atom. The van der Waals surface area contributed by atoms with Gasteiger partial charge in [-0.05, 0) is 30.1 Å². The number of hydrogen-bond acceptors (Lipinski definition) is 5. The Labute approximate surface area is 120 Å². The summed E-state index contributed by atoms with van der Waals surface area (Å²) in [7, 11) is 2.67. The number of hydrogen-bond donors (Lipinski definition) is 2. The van der Waals surface area contributed by atoms with E-state index in [4.69, 9.17) is 10.5 Å². The zero-order valence-corrected chi connectivity index (χ0v) is 13.0. The van der Waals surface area contributed by atoms with Crippen molar-refractivity contribution in [1.82, 2.24) is 5.32 Å². The van der Waals surface area contributed by atoms with E-state index in [1.165, 1.54) is 14.2 Å². The van der Waals surface area contributed by atoms with E-state index in [9.17, 15) is 9.59 Å². The van der Waals surface area contributed by atoms with E-state index in [0.717, 1.165) is 12.8 Å². The molecule has 1 aliphatic rings. The lowest BCUT2D eigenvalue weighted by atomic mass is 9.60. The van der Waals surface area contributed by atoms with Crippen LogP contribution in [0.2, 0.25) is 0 Å². The van der Waals surface area contributed by atoms with Crippen molar-refractivity contribution >= 4 is 12.1 Å². The molecule has 0 saturated heterocycles. The number of carbonyl (C=O) groups is 2. The molecule has 0 aromatic carbocycles. The standard InChI is InChI=1S/C14H26N2O4/c1-13(2)6-9(16-12(18)20-5)7-14(3,8-13)10(15)11(17)19-4/h9-10H,6-8,15H2,1-5H3,(H,16,18). The minimum atomic E-state index is -0.700. The Balaban J connectivity index is 2.90. The van der Waals surface area contributed by atoms with Gasteiger partial charge in [-0.15, -0.1) is 0 Å². The van der Waals surface area contributed by atoms with Gasteiger partial charge in [-0.2, -0.15) is 0 Å². The summed E-state index contributed by atoms with van der Waals surface area (Å²) < 4.78 is 9.41. The first-order valence-electron chi connectivity index (χ1n) is 6.81. The van der Waals surface area contributed by atoms with Crippen molar-refractivity contribution < 1.29 is 19.1 Å². The van der Waals surface area contributed by atoms with E-state index < -0.39 is 23.5 Å². The van der Waals surface area contributed by atoms with Crippen LogP contribution in [0.25, 0.3) is 0 Å². The summed E-state index contributed by atoms with van der Waals surface area (Å²) in [5.74, 6) is -0.415. The van der Waals surface area contributed by atoms with Crippen LogP contribution in [0.4, 0.5) is 4.79 Å². The Morgan fingerprint density at radius 1 is 1.20 bits per heavy atom. The average Bonchev–Trinajstić information content (AvgIpc) is 2.34. The van der Waals surface area contributed by atoms with Crippen molar-refractivity contribution in [2.75, 3.05) is 14.2 Å². The van der Waals surface area contributed by atoms with Gasteiger partial charge in [0.1, 0.15) is 6.04 Å². The molecular weight excluding hydrogens is 260 g/mol. The Kier molecular flexibility index (Phi) is 5.02. The normalized spacial score (nSPS) is 30.2. The van der Waals surface area contributed by atoms with Gasteiger partial charge in [-0.25, -0.2) is 4.79 Å². The lowest BCUT2D eigenvalue weighted by Crippen LogP contribution is -2.55. The summed E-state index contributed by atoms with van der Waals surface area (Å²) in [4.78, 5) is 23.2. The van der Waals surface area contributed by atoms with Gasteiger partial charge in [-0.3, -0.25) is 4.79 Å². The summed E-state index contributed by atoms with van der Waals surface area (Å²) in [5, 5.41) is 2.82. The molecule has 1 fully saturated rings. The highest BCUT2D eigenvalue weighted by Gasteiger charge is 2.47. The molecule has 20 heavy (non-hydrogen) atoms. The van der Waals surface area contributed by atoms with Crippen LogP contribution in [0.3, 0.4) is 0 Å². The molecule has 1 saturated carbocycles. The number of nitrogens with two attached hydrogens (primary N) is 1.